The molecule has 27 heavy (non-hydrogen) atoms. The monoisotopic (exact) mass is 366 g/mol. The molecule has 1 unspecified atom stereocenters. The lowest BCUT2D eigenvalue weighted by atomic mass is 9.94. The van der Waals surface area contributed by atoms with Crippen LogP contribution in [0.3, 0.4) is 0 Å². The molecule has 1 atom stereocenters. The van der Waals surface area contributed by atoms with Crippen LogP contribution in [0.15, 0.2) is 54.9 Å². The predicted octanol–water partition coefficient (Wildman–Crippen LogP) is 5.64. The molecule has 0 bridgehead atoms. The number of aryl methyl sites for hydroxylation is 1. The Morgan fingerprint density at radius 2 is 1.78 bits per heavy atom. The zero-order valence-corrected chi connectivity index (χ0v) is 16.4. The molecule has 0 spiro atoms. The molecule has 2 aromatic rings. The number of allylic oxidation sites excluding steroid dienone is 1. The number of hydrogen-bond donors (Lipinski definition) is 0. The summed E-state index contributed by atoms with van der Waals surface area (Å²) in [6.07, 6.45) is 14.7. The summed E-state index contributed by atoms with van der Waals surface area (Å²) in [5.74, 6) is -0.238. The summed E-state index contributed by atoms with van der Waals surface area (Å²) >= 11 is 0. The van der Waals surface area contributed by atoms with Gasteiger partial charge in [-0.05, 0) is 30.4 Å². The summed E-state index contributed by atoms with van der Waals surface area (Å²) in [6.45, 7) is 4.34. The first-order valence-corrected chi connectivity index (χ1v) is 9.98. The van der Waals surface area contributed by atoms with Crippen molar-refractivity contribution in [1.82, 2.24) is 9.97 Å². The minimum atomic E-state index is -0.442. The van der Waals surface area contributed by atoms with Gasteiger partial charge in [0.15, 0.2) is 0 Å². The lowest BCUT2D eigenvalue weighted by Gasteiger charge is -2.11. The summed E-state index contributed by atoms with van der Waals surface area (Å²) < 4.78 is 5.23. The summed E-state index contributed by atoms with van der Waals surface area (Å²) in [6, 6.07) is 10.3. The maximum Gasteiger partial charge on any atom is 0.338 e. The van der Waals surface area contributed by atoms with Gasteiger partial charge in [-0.1, -0.05) is 75.9 Å². The molecule has 0 N–H and O–H groups in total. The summed E-state index contributed by atoms with van der Waals surface area (Å²) in [5.41, 5.74) is 2.28. The van der Waals surface area contributed by atoms with Crippen LogP contribution in [0.2, 0.25) is 0 Å². The second-order valence-electron chi connectivity index (χ2n) is 6.77. The average Bonchev–Trinajstić information content (AvgIpc) is 2.70. The summed E-state index contributed by atoms with van der Waals surface area (Å²) in [4.78, 5) is 20.4. The Hall–Kier alpha value is -2.49. The predicted molar refractivity (Wildman–Crippen MR) is 109 cm³/mol. The van der Waals surface area contributed by atoms with Crippen molar-refractivity contribution < 1.29 is 9.53 Å². The van der Waals surface area contributed by atoms with Crippen LogP contribution in [0, 0.1) is 0 Å². The molecule has 4 nitrogen and oxygen atoms in total. The Bertz CT molecular complexity index is 696. The van der Waals surface area contributed by atoms with Gasteiger partial charge < -0.3 is 4.74 Å². The van der Waals surface area contributed by atoms with Gasteiger partial charge in [-0.15, -0.1) is 0 Å². The summed E-state index contributed by atoms with van der Waals surface area (Å²) in [7, 11) is 0. The molecule has 0 fully saturated rings. The van der Waals surface area contributed by atoms with E-state index in [1.807, 2.05) is 24.3 Å². The fourth-order valence-electron chi connectivity index (χ4n) is 2.98. The van der Waals surface area contributed by atoms with Crippen molar-refractivity contribution in [3.05, 3.63) is 66.0 Å². The smallest absolute Gasteiger partial charge is 0.338 e. The van der Waals surface area contributed by atoms with Gasteiger partial charge in [0, 0.05) is 24.4 Å². The molecule has 1 aromatic carbocycles. The molecular weight excluding hydrogens is 336 g/mol. The van der Waals surface area contributed by atoms with E-state index in [1.54, 1.807) is 12.4 Å². The van der Waals surface area contributed by atoms with Crippen LogP contribution in [-0.2, 0) is 11.2 Å². The van der Waals surface area contributed by atoms with Gasteiger partial charge in [-0.2, -0.15) is 0 Å². The molecule has 0 aliphatic heterocycles. The number of benzene rings is 1. The molecular formula is C23H30N2O2. The number of hydrogen-bond acceptors (Lipinski definition) is 4. The van der Waals surface area contributed by atoms with Crippen molar-refractivity contribution in [2.24, 2.45) is 0 Å². The van der Waals surface area contributed by atoms with E-state index in [0.717, 1.165) is 31.2 Å². The van der Waals surface area contributed by atoms with Crippen LogP contribution < -0.4 is 4.74 Å². The third-order valence-electron chi connectivity index (χ3n) is 4.48. The Labute approximate surface area is 162 Å². The number of nitrogens with zero attached hydrogens (tertiary/aromatic N) is 2. The van der Waals surface area contributed by atoms with Gasteiger partial charge in [0.1, 0.15) is 0 Å². The topological polar surface area (TPSA) is 52.1 Å². The van der Waals surface area contributed by atoms with E-state index in [2.05, 4.69) is 35.9 Å². The maximum absolute atomic E-state index is 12.1. The molecule has 0 aliphatic carbocycles. The van der Waals surface area contributed by atoms with Crippen molar-refractivity contribution in [2.45, 2.75) is 64.7 Å². The molecule has 0 aliphatic rings. The fraction of sp³-hybridized carbons (Fsp3) is 0.435. The van der Waals surface area contributed by atoms with Gasteiger partial charge in [0.05, 0.1) is 0 Å². The highest BCUT2D eigenvalue weighted by Crippen LogP contribution is 2.22. The molecule has 0 amide bonds. The van der Waals surface area contributed by atoms with E-state index < -0.39 is 5.97 Å². The van der Waals surface area contributed by atoms with E-state index in [1.165, 1.54) is 30.9 Å². The highest BCUT2D eigenvalue weighted by molar-refractivity contribution is 5.83. The van der Waals surface area contributed by atoms with Crippen molar-refractivity contribution in [1.29, 1.82) is 0 Å². The van der Waals surface area contributed by atoms with Crippen molar-refractivity contribution in [2.75, 3.05) is 0 Å². The van der Waals surface area contributed by atoms with E-state index in [9.17, 15) is 4.79 Å². The van der Waals surface area contributed by atoms with E-state index >= 15 is 0 Å². The first kappa shape index (κ1) is 20.8. The number of unbranched alkanes of at least 4 members (excludes halogenated alkanes) is 3. The lowest BCUT2D eigenvalue weighted by molar-refractivity contribution is -0.129. The number of ether oxygens (including phenoxy) is 1. The molecule has 0 saturated heterocycles. The van der Waals surface area contributed by atoms with Crippen molar-refractivity contribution in [3.8, 4) is 6.01 Å². The van der Waals surface area contributed by atoms with Gasteiger partial charge in [-0.25, -0.2) is 14.8 Å². The quantitative estimate of drug-likeness (QED) is 0.293. The summed E-state index contributed by atoms with van der Waals surface area (Å²) in [5, 5.41) is 0. The fourth-order valence-corrected chi connectivity index (χ4v) is 2.98. The Kier molecular flexibility index (Phi) is 9.25. The largest absolute Gasteiger partial charge is 0.388 e. The zero-order valence-electron chi connectivity index (χ0n) is 16.4. The first-order valence-electron chi connectivity index (χ1n) is 9.98. The van der Waals surface area contributed by atoms with E-state index in [4.69, 9.17) is 4.74 Å². The SMILES string of the molecule is CCCCCCc1cnc(OC(=O)C=CC(CCC)c2ccccc2)nc1. The van der Waals surface area contributed by atoms with E-state index in [-0.39, 0.29) is 11.9 Å². The number of aromatic nitrogens is 2. The second-order valence-corrected chi connectivity index (χ2v) is 6.77. The van der Waals surface area contributed by atoms with Crippen LogP contribution in [0.25, 0.3) is 0 Å². The van der Waals surface area contributed by atoms with Crippen LogP contribution in [0.4, 0.5) is 0 Å². The molecule has 1 aromatic heterocycles. The number of esters is 1. The molecule has 144 valence electrons. The highest BCUT2D eigenvalue weighted by Gasteiger charge is 2.09. The van der Waals surface area contributed by atoms with Crippen molar-refractivity contribution in [3.63, 3.8) is 0 Å². The van der Waals surface area contributed by atoms with Crippen LogP contribution >= 0.6 is 0 Å². The standard InChI is InChI=1S/C23H30N2O2/c1-3-5-6-8-12-19-17-24-23(25-18-19)27-22(26)16-15-20(11-4-2)21-13-9-7-10-14-21/h7,9-10,13-18,20H,3-6,8,11-12H2,1-2H3. The first-order chi connectivity index (χ1) is 13.2. The molecule has 4 heteroatoms. The number of rotatable bonds is 11. The second kappa shape index (κ2) is 12.0. The van der Waals surface area contributed by atoms with Crippen LogP contribution in [0.1, 0.15) is 69.4 Å². The molecule has 0 saturated carbocycles. The highest BCUT2D eigenvalue weighted by atomic mass is 16.5. The Morgan fingerprint density at radius 3 is 2.44 bits per heavy atom. The normalized spacial score (nSPS) is 12.2. The minimum absolute atomic E-state index is 0.105. The zero-order chi connectivity index (χ0) is 19.3. The Balaban J connectivity index is 1.87. The minimum Gasteiger partial charge on any atom is -0.388 e. The van der Waals surface area contributed by atoms with E-state index in [0.29, 0.717) is 0 Å². The third-order valence-corrected chi connectivity index (χ3v) is 4.48. The lowest BCUT2D eigenvalue weighted by Crippen LogP contribution is -2.08. The Morgan fingerprint density at radius 1 is 1.04 bits per heavy atom. The molecule has 2 rings (SSSR count). The number of carbonyl (C=O) groups excluding carboxylic acids is 1. The van der Waals surface area contributed by atoms with Crippen LogP contribution in [0.5, 0.6) is 6.01 Å². The van der Waals surface area contributed by atoms with Gasteiger partial charge in [0.25, 0.3) is 0 Å². The molecule has 0 radical (unpaired) electrons. The van der Waals surface area contributed by atoms with Gasteiger partial charge in [-0.3, -0.25) is 0 Å². The van der Waals surface area contributed by atoms with Gasteiger partial charge >= 0.3 is 12.0 Å². The van der Waals surface area contributed by atoms with Crippen molar-refractivity contribution >= 4 is 5.97 Å². The average molecular weight is 367 g/mol. The maximum atomic E-state index is 12.1. The van der Waals surface area contributed by atoms with Crippen LogP contribution in [-0.4, -0.2) is 15.9 Å². The number of carbonyl (C=O) groups is 1. The molecule has 1 heterocycles. The third kappa shape index (κ3) is 7.73. The van der Waals surface area contributed by atoms with Gasteiger partial charge in [0.2, 0.25) is 0 Å².